The van der Waals surface area contributed by atoms with Gasteiger partial charge >= 0.3 is 0 Å². The zero-order chi connectivity index (χ0) is 18.5. The van der Waals surface area contributed by atoms with Gasteiger partial charge in [-0.25, -0.2) is 15.0 Å². The molecular formula is C21H24N6. The van der Waals surface area contributed by atoms with Crippen molar-refractivity contribution < 1.29 is 0 Å². The van der Waals surface area contributed by atoms with Crippen molar-refractivity contribution >= 4 is 11.8 Å². The number of anilines is 2. The first kappa shape index (κ1) is 17.5. The summed E-state index contributed by atoms with van der Waals surface area (Å²) in [4.78, 5) is 19.8. The lowest BCUT2D eigenvalue weighted by atomic mass is 9.91. The average Bonchev–Trinajstić information content (AvgIpc) is 2.71. The Morgan fingerprint density at radius 2 is 1.96 bits per heavy atom. The van der Waals surface area contributed by atoms with Crippen LogP contribution in [0.5, 0.6) is 0 Å². The highest BCUT2D eigenvalue weighted by atomic mass is 15.1. The van der Waals surface area contributed by atoms with Crippen molar-refractivity contribution in [2.24, 2.45) is 0 Å². The number of nitrogens with one attached hydrogen (secondary N) is 1. The third-order valence-corrected chi connectivity index (χ3v) is 4.95. The molecule has 4 heterocycles. The fourth-order valence-electron chi connectivity index (χ4n) is 3.57. The molecule has 27 heavy (non-hydrogen) atoms. The number of aryl methyl sites for hydroxylation is 1. The Labute approximate surface area is 159 Å². The quantitative estimate of drug-likeness (QED) is 0.748. The molecule has 1 aliphatic heterocycles. The molecule has 1 aliphatic rings. The lowest BCUT2D eigenvalue weighted by Gasteiger charge is -2.33. The van der Waals surface area contributed by atoms with Crippen molar-refractivity contribution in [2.75, 3.05) is 18.4 Å². The maximum Gasteiger partial charge on any atom is 0.228 e. The molecule has 1 N–H and O–H groups in total. The molecular weight excluding hydrogens is 336 g/mol. The van der Waals surface area contributed by atoms with Crippen molar-refractivity contribution in [1.29, 1.82) is 0 Å². The third kappa shape index (κ3) is 4.65. The van der Waals surface area contributed by atoms with Gasteiger partial charge in [-0.05, 0) is 67.6 Å². The van der Waals surface area contributed by atoms with Gasteiger partial charge in [-0.15, -0.1) is 0 Å². The molecule has 0 spiro atoms. The standard InChI is InChI=1S/C21H24N6/c1-16-5-6-17(13-25-16)14-27-11-2-4-19(15-27)18-7-10-22-20(12-18)26-21-23-8-3-9-24-21/h3,5-10,12-13,19H,2,4,11,14-15H2,1H3,(H,22,23,24,26)/t19-/m0/s1. The Kier molecular flexibility index (Phi) is 5.34. The van der Waals surface area contributed by atoms with Gasteiger partial charge in [0.2, 0.25) is 5.95 Å². The zero-order valence-electron chi connectivity index (χ0n) is 15.5. The summed E-state index contributed by atoms with van der Waals surface area (Å²) in [6.45, 7) is 5.17. The van der Waals surface area contributed by atoms with E-state index >= 15 is 0 Å². The van der Waals surface area contributed by atoms with Crippen LogP contribution >= 0.6 is 0 Å². The van der Waals surface area contributed by atoms with E-state index in [9.17, 15) is 0 Å². The van der Waals surface area contributed by atoms with Gasteiger partial charge in [0.1, 0.15) is 5.82 Å². The Bertz CT molecular complexity index is 865. The van der Waals surface area contributed by atoms with Crippen LogP contribution in [0.2, 0.25) is 0 Å². The Balaban J connectivity index is 1.43. The summed E-state index contributed by atoms with van der Waals surface area (Å²) in [5.41, 5.74) is 3.66. The first-order chi connectivity index (χ1) is 13.3. The Hall–Kier alpha value is -2.86. The van der Waals surface area contributed by atoms with E-state index in [4.69, 9.17) is 0 Å². The first-order valence-electron chi connectivity index (χ1n) is 9.40. The predicted molar refractivity (Wildman–Crippen MR) is 106 cm³/mol. The zero-order valence-corrected chi connectivity index (χ0v) is 15.5. The molecule has 0 saturated carbocycles. The molecule has 3 aromatic rings. The fourth-order valence-corrected chi connectivity index (χ4v) is 3.57. The van der Waals surface area contributed by atoms with Crippen molar-refractivity contribution in [2.45, 2.75) is 32.2 Å². The minimum absolute atomic E-state index is 0.511. The van der Waals surface area contributed by atoms with Crippen molar-refractivity contribution in [3.05, 3.63) is 71.9 Å². The highest BCUT2D eigenvalue weighted by Crippen LogP contribution is 2.29. The minimum atomic E-state index is 0.511. The molecule has 3 aromatic heterocycles. The number of hydrogen-bond acceptors (Lipinski definition) is 6. The summed E-state index contributed by atoms with van der Waals surface area (Å²) < 4.78 is 0. The van der Waals surface area contributed by atoms with Crippen LogP contribution in [0.4, 0.5) is 11.8 Å². The molecule has 0 aromatic carbocycles. The SMILES string of the molecule is Cc1ccc(CN2CCC[C@H](c3ccnc(Nc4ncccn4)c3)C2)cn1. The second-order valence-corrected chi connectivity index (χ2v) is 7.05. The van der Waals surface area contributed by atoms with Gasteiger partial charge in [0.05, 0.1) is 0 Å². The smallest absolute Gasteiger partial charge is 0.228 e. The molecule has 0 radical (unpaired) electrons. The fraction of sp³-hybridized carbons (Fsp3) is 0.333. The summed E-state index contributed by atoms with van der Waals surface area (Å²) in [5, 5.41) is 3.18. The summed E-state index contributed by atoms with van der Waals surface area (Å²) in [7, 11) is 0. The van der Waals surface area contributed by atoms with E-state index in [0.29, 0.717) is 11.9 Å². The number of hydrogen-bond donors (Lipinski definition) is 1. The van der Waals surface area contributed by atoms with Crippen LogP contribution in [0.25, 0.3) is 0 Å². The van der Waals surface area contributed by atoms with E-state index in [1.807, 2.05) is 19.3 Å². The average molecular weight is 360 g/mol. The van der Waals surface area contributed by atoms with Crippen LogP contribution in [0, 0.1) is 6.92 Å². The molecule has 6 heteroatoms. The number of pyridine rings is 2. The summed E-state index contributed by atoms with van der Waals surface area (Å²) >= 11 is 0. The molecule has 0 aliphatic carbocycles. The maximum absolute atomic E-state index is 4.42. The molecule has 4 rings (SSSR count). The van der Waals surface area contributed by atoms with Gasteiger partial charge in [-0.1, -0.05) is 6.07 Å². The van der Waals surface area contributed by atoms with Crippen molar-refractivity contribution in [1.82, 2.24) is 24.8 Å². The summed E-state index contributed by atoms with van der Waals surface area (Å²) in [6.07, 6.45) is 9.71. The number of aromatic nitrogens is 4. The van der Waals surface area contributed by atoms with Crippen LogP contribution in [0.15, 0.2) is 55.1 Å². The Morgan fingerprint density at radius 1 is 1.07 bits per heavy atom. The number of piperidine rings is 1. The van der Waals surface area contributed by atoms with Crippen LogP contribution < -0.4 is 5.32 Å². The van der Waals surface area contributed by atoms with Gasteiger partial charge in [0.15, 0.2) is 0 Å². The minimum Gasteiger partial charge on any atom is -0.309 e. The van der Waals surface area contributed by atoms with Crippen LogP contribution in [0.1, 0.15) is 35.6 Å². The Morgan fingerprint density at radius 3 is 2.78 bits per heavy atom. The first-order valence-corrected chi connectivity index (χ1v) is 9.40. The molecule has 1 atom stereocenters. The van der Waals surface area contributed by atoms with Gasteiger partial charge in [-0.2, -0.15) is 0 Å². The number of nitrogens with zero attached hydrogens (tertiary/aromatic N) is 5. The number of likely N-dealkylation sites (tertiary alicyclic amines) is 1. The predicted octanol–water partition coefficient (Wildman–Crippen LogP) is 3.70. The monoisotopic (exact) mass is 360 g/mol. The van der Waals surface area contributed by atoms with Crippen LogP contribution in [-0.2, 0) is 6.54 Å². The second-order valence-electron chi connectivity index (χ2n) is 7.05. The summed E-state index contributed by atoms with van der Waals surface area (Å²) in [6, 6.07) is 10.3. The third-order valence-electron chi connectivity index (χ3n) is 4.95. The van der Waals surface area contributed by atoms with E-state index in [1.165, 1.54) is 24.0 Å². The van der Waals surface area contributed by atoms with Gasteiger partial charge in [0, 0.05) is 43.6 Å². The van der Waals surface area contributed by atoms with Gasteiger partial charge in [0.25, 0.3) is 0 Å². The van der Waals surface area contributed by atoms with Gasteiger partial charge in [-0.3, -0.25) is 9.88 Å². The molecule has 0 bridgehead atoms. The van der Waals surface area contributed by atoms with E-state index < -0.39 is 0 Å². The maximum atomic E-state index is 4.42. The van der Waals surface area contributed by atoms with Crippen LogP contribution in [0.3, 0.4) is 0 Å². The molecule has 6 nitrogen and oxygen atoms in total. The van der Waals surface area contributed by atoms with E-state index in [0.717, 1.165) is 31.1 Å². The highest BCUT2D eigenvalue weighted by Gasteiger charge is 2.22. The van der Waals surface area contributed by atoms with E-state index in [2.05, 4.69) is 54.4 Å². The van der Waals surface area contributed by atoms with Crippen molar-refractivity contribution in [3.8, 4) is 0 Å². The molecule has 0 amide bonds. The lowest BCUT2D eigenvalue weighted by molar-refractivity contribution is 0.200. The van der Waals surface area contributed by atoms with Crippen LogP contribution in [-0.4, -0.2) is 37.9 Å². The van der Waals surface area contributed by atoms with E-state index in [1.54, 1.807) is 18.5 Å². The molecule has 1 fully saturated rings. The summed E-state index contributed by atoms with van der Waals surface area (Å²) in [5.74, 6) is 1.87. The molecule has 138 valence electrons. The number of rotatable bonds is 5. The highest BCUT2D eigenvalue weighted by molar-refractivity contribution is 5.48. The molecule has 1 saturated heterocycles. The van der Waals surface area contributed by atoms with E-state index in [-0.39, 0.29) is 0 Å². The normalized spacial score (nSPS) is 17.6. The largest absolute Gasteiger partial charge is 0.309 e. The molecule has 0 unspecified atom stereocenters. The van der Waals surface area contributed by atoms with Crippen molar-refractivity contribution in [3.63, 3.8) is 0 Å². The topological polar surface area (TPSA) is 66.8 Å². The lowest BCUT2D eigenvalue weighted by Crippen LogP contribution is -2.33. The van der Waals surface area contributed by atoms with Gasteiger partial charge < -0.3 is 5.32 Å². The second kappa shape index (κ2) is 8.22.